The highest BCUT2D eigenvalue weighted by atomic mass is 16.1. The summed E-state index contributed by atoms with van der Waals surface area (Å²) in [5.41, 5.74) is 1.27. The Balaban J connectivity index is 1.61. The predicted octanol–water partition coefficient (Wildman–Crippen LogP) is 2.50. The molecule has 1 aliphatic rings. The van der Waals surface area contributed by atoms with E-state index < -0.39 is 0 Å². The van der Waals surface area contributed by atoms with Crippen LogP contribution in [0.25, 0.3) is 0 Å². The van der Waals surface area contributed by atoms with Gasteiger partial charge in [0.1, 0.15) is 12.7 Å². The Morgan fingerprint density at radius 3 is 2.65 bits per heavy atom. The molecule has 0 radical (unpaired) electrons. The van der Waals surface area contributed by atoms with Gasteiger partial charge < -0.3 is 5.32 Å². The molecule has 26 heavy (non-hydrogen) atoms. The van der Waals surface area contributed by atoms with Gasteiger partial charge >= 0.3 is 0 Å². The van der Waals surface area contributed by atoms with Crippen LogP contribution in [0, 0.1) is 11.8 Å². The van der Waals surface area contributed by atoms with Crippen LogP contribution in [-0.2, 0) is 11.3 Å². The van der Waals surface area contributed by atoms with Gasteiger partial charge in [0.15, 0.2) is 0 Å². The number of nitrogens with zero attached hydrogens (tertiary/aromatic N) is 4. The molecule has 0 unspecified atom stereocenters. The SMILES string of the molecule is CC1CCN([C@H](CNC(=O)[C@H](C)Cn2cncn2)c2ccccc2)CC1. The van der Waals surface area contributed by atoms with E-state index in [0.717, 1.165) is 19.0 Å². The summed E-state index contributed by atoms with van der Waals surface area (Å²) in [6.07, 6.45) is 5.58. The zero-order valence-corrected chi connectivity index (χ0v) is 15.7. The lowest BCUT2D eigenvalue weighted by atomic mass is 9.95. The number of hydrogen-bond acceptors (Lipinski definition) is 4. The molecule has 3 rings (SSSR count). The number of rotatable bonds is 7. The fourth-order valence-electron chi connectivity index (χ4n) is 3.54. The molecule has 2 aromatic rings. The quantitative estimate of drug-likeness (QED) is 0.829. The molecule has 1 N–H and O–H groups in total. The first-order chi connectivity index (χ1) is 12.6. The first-order valence-electron chi connectivity index (χ1n) is 9.52. The molecule has 140 valence electrons. The molecule has 1 aromatic heterocycles. The van der Waals surface area contributed by atoms with Crippen LogP contribution in [0.2, 0.25) is 0 Å². The van der Waals surface area contributed by atoms with Crippen molar-refractivity contribution >= 4 is 5.91 Å². The fourth-order valence-corrected chi connectivity index (χ4v) is 3.54. The third-order valence-electron chi connectivity index (χ3n) is 5.29. The normalized spacial score (nSPS) is 18.4. The van der Waals surface area contributed by atoms with Gasteiger partial charge in [-0.1, -0.05) is 44.2 Å². The van der Waals surface area contributed by atoms with Crippen molar-refractivity contribution in [3.8, 4) is 0 Å². The van der Waals surface area contributed by atoms with E-state index >= 15 is 0 Å². The number of likely N-dealkylation sites (tertiary alicyclic amines) is 1. The van der Waals surface area contributed by atoms with Gasteiger partial charge in [-0.25, -0.2) is 4.98 Å². The van der Waals surface area contributed by atoms with Crippen LogP contribution in [0.15, 0.2) is 43.0 Å². The molecule has 1 aromatic carbocycles. The molecule has 0 saturated carbocycles. The van der Waals surface area contributed by atoms with Gasteiger partial charge in [-0.2, -0.15) is 5.10 Å². The number of piperidine rings is 1. The van der Waals surface area contributed by atoms with Crippen molar-refractivity contribution in [1.29, 1.82) is 0 Å². The summed E-state index contributed by atoms with van der Waals surface area (Å²) in [4.78, 5) is 19.0. The number of carbonyl (C=O) groups excluding carboxylic acids is 1. The van der Waals surface area contributed by atoms with Gasteiger partial charge in [-0.15, -0.1) is 0 Å². The third-order valence-corrected chi connectivity index (χ3v) is 5.29. The summed E-state index contributed by atoms with van der Waals surface area (Å²) in [7, 11) is 0. The predicted molar refractivity (Wildman–Crippen MR) is 101 cm³/mol. The topological polar surface area (TPSA) is 63.1 Å². The second-order valence-corrected chi connectivity index (χ2v) is 7.41. The van der Waals surface area contributed by atoms with E-state index in [2.05, 4.69) is 51.5 Å². The van der Waals surface area contributed by atoms with Gasteiger partial charge in [0.2, 0.25) is 5.91 Å². The van der Waals surface area contributed by atoms with Crippen molar-refractivity contribution in [2.24, 2.45) is 11.8 Å². The molecule has 1 fully saturated rings. The van der Waals surface area contributed by atoms with Crippen LogP contribution in [0.4, 0.5) is 0 Å². The smallest absolute Gasteiger partial charge is 0.224 e. The van der Waals surface area contributed by atoms with Crippen molar-refractivity contribution < 1.29 is 4.79 Å². The summed E-state index contributed by atoms with van der Waals surface area (Å²) in [6.45, 7) is 7.61. The fraction of sp³-hybridized carbons (Fsp3) is 0.550. The van der Waals surface area contributed by atoms with E-state index in [1.807, 2.05) is 13.0 Å². The molecule has 0 spiro atoms. The second kappa shape index (κ2) is 8.94. The molecule has 1 amide bonds. The lowest BCUT2D eigenvalue weighted by molar-refractivity contribution is -0.125. The van der Waals surface area contributed by atoms with E-state index in [-0.39, 0.29) is 17.9 Å². The zero-order valence-electron chi connectivity index (χ0n) is 15.7. The highest BCUT2D eigenvalue weighted by molar-refractivity contribution is 5.78. The molecule has 2 heterocycles. The maximum atomic E-state index is 12.5. The maximum absolute atomic E-state index is 12.5. The van der Waals surface area contributed by atoms with Gasteiger partial charge in [-0.05, 0) is 37.4 Å². The summed E-state index contributed by atoms with van der Waals surface area (Å²) >= 11 is 0. The lowest BCUT2D eigenvalue weighted by Crippen LogP contribution is -2.43. The molecular formula is C20H29N5O. The van der Waals surface area contributed by atoms with E-state index in [9.17, 15) is 4.79 Å². The van der Waals surface area contributed by atoms with Crippen molar-refractivity contribution in [2.75, 3.05) is 19.6 Å². The third kappa shape index (κ3) is 4.91. The standard InChI is InChI=1S/C20H29N5O/c1-16-8-10-24(11-9-16)19(18-6-4-3-5-7-18)12-22-20(26)17(2)13-25-15-21-14-23-25/h3-7,14-17,19H,8-13H2,1-2H3,(H,22,26)/t17-,19-/m1/s1. The van der Waals surface area contributed by atoms with Crippen LogP contribution in [-0.4, -0.2) is 45.2 Å². The average molecular weight is 355 g/mol. The number of benzene rings is 1. The van der Waals surface area contributed by atoms with Crippen LogP contribution < -0.4 is 5.32 Å². The number of nitrogens with one attached hydrogen (secondary N) is 1. The molecule has 1 aliphatic heterocycles. The molecule has 6 heteroatoms. The summed E-state index contributed by atoms with van der Waals surface area (Å²) in [6, 6.07) is 10.7. The monoisotopic (exact) mass is 355 g/mol. The molecular weight excluding hydrogens is 326 g/mol. The first kappa shape index (κ1) is 18.6. The minimum absolute atomic E-state index is 0.0619. The minimum atomic E-state index is -0.144. The Bertz CT molecular complexity index is 665. The largest absolute Gasteiger partial charge is 0.354 e. The summed E-state index contributed by atoms with van der Waals surface area (Å²) in [5, 5.41) is 7.24. The molecule has 1 saturated heterocycles. The summed E-state index contributed by atoms with van der Waals surface area (Å²) in [5.74, 6) is 0.710. The Hall–Kier alpha value is -2.21. The lowest BCUT2D eigenvalue weighted by Gasteiger charge is -2.37. The second-order valence-electron chi connectivity index (χ2n) is 7.41. The van der Waals surface area contributed by atoms with Crippen molar-refractivity contribution in [3.63, 3.8) is 0 Å². The Labute approximate surface area is 155 Å². The molecule has 0 bridgehead atoms. The van der Waals surface area contributed by atoms with Crippen molar-refractivity contribution in [2.45, 2.75) is 39.3 Å². The van der Waals surface area contributed by atoms with Crippen molar-refractivity contribution in [1.82, 2.24) is 25.0 Å². The Kier molecular flexibility index (Phi) is 6.39. The Morgan fingerprint density at radius 2 is 2.00 bits per heavy atom. The van der Waals surface area contributed by atoms with E-state index in [0.29, 0.717) is 13.1 Å². The minimum Gasteiger partial charge on any atom is -0.354 e. The van der Waals surface area contributed by atoms with Crippen LogP contribution in [0.1, 0.15) is 38.3 Å². The maximum Gasteiger partial charge on any atom is 0.224 e. The highest BCUT2D eigenvalue weighted by Gasteiger charge is 2.25. The van der Waals surface area contributed by atoms with E-state index in [1.165, 1.54) is 24.7 Å². The van der Waals surface area contributed by atoms with Gasteiger partial charge in [0.05, 0.1) is 18.5 Å². The van der Waals surface area contributed by atoms with Crippen LogP contribution in [0.5, 0.6) is 0 Å². The van der Waals surface area contributed by atoms with Gasteiger partial charge in [-0.3, -0.25) is 14.4 Å². The van der Waals surface area contributed by atoms with Crippen LogP contribution in [0.3, 0.4) is 0 Å². The number of aromatic nitrogens is 3. The number of amides is 1. The van der Waals surface area contributed by atoms with E-state index in [1.54, 1.807) is 11.0 Å². The zero-order chi connectivity index (χ0) is 18.4. The van der Waals surface area contributed by atoms with Crippen LogP contribution >= 0.6 is 0 Å². The van der Waals surface area contributed by atoms with E-state index in [4.69, 9.17) is 0 Å². The summed E-state index contributed by atoms with van der Waals surface area (Å²) < 4.78 is 1.70. The molecule has 6 nitrogen and oxygen atoms in total. The molecule has 2 atom stereocenters. The van der Waals surface area contributed by atoms with Gasteiger partial charge in [0.25, 0.3) is 0 Å². The average Bonchev–Trinajstić information content (AvgIpc) is 3.17. The van der Waals surface area contributed by atoms with Crippen molar-refractivity contribution in [3.05, 3.63) is 48.5 Å². The first-order valence-corrected chi connectivity index (χ1v) is 9.52. The Morgan fingerprint density at radius 1 is 1.27 bits per heavy atom. The highest BCUT2D eigenvalue weighted by Crippen LogP contribution is 2.26. The number of hydrogen-bond donors (Lipinski definition) is 1. The number of carbonyl (C=O) groups is 1. The van der Waals surface area contributed by atoms with Gasteiger partial charge in [0, 0.05) is 6.54 Å². The molecule has 0 aliphatic carbocycles.